The minimum atomic E-state index is -4.46. The van der Waals surface area contributed by atoms with Crippen LogP contribution in [0.4, 0.5) is 13.2 Å². The molecule has 0 saturated carbocycles. The molecule has 5 aromatic rings. The minimum absolute atomic E-state index is 0.00601. The molecular weight excluding hydrogens is 767 g/mol. The van der Waals surface area contributed by atoms with Crippen LogP contribution in [-0.2, 0) is 37.1 Å². The molecule has 2 aromatic heterocycles. The van der Waals surface area contributed by atoms with E-state index in [2.05, 4.69) is 21.0 Å². The van der Waals surface area contributed by atoms with Gasteiger partial charge in [-0.2, -0.15) is 18.3 Å². The summed E-state index contributed by atoms with van der Waals surface area (Å²) in [5.74, 6) is -3.13. The Morgan fingerprint density at radius 2 is 1.57 bits per heavy atom. The van der Waals surface area contributed by atoms with Crippen LogP contribution in [0, 0.1) is 0 Å². The Kier molecular flexibility index (Phi) is 11.3. The SMILES string of the molecule is Cn1cc2c3cc(C(=O)NCCOCCOCCNC(=O)COc4ccc5c(c4)C(=O)N(C4CCC(=O)NC4=O)C5=O)ccc3n(-c3ccc(C(F)(F)F)cc3)c2n1. The highest BCUT2D eigenvalue weighted by Crippen LogP contribution is 2.34. The van der Waals surface area contributed by atoms with Gasteiger partial charge >= 0.3 is 6.18 Å². The van der Waals surface area contributed by atoms with Gasteiger partial charge in [-0.1, -0.05) is 0 Å². The first kappa shape index (κ1) is 39.6. The lowest BCUT2D eigenvalue weighted by atomic mass is 10.0. The van der Waals surface area contributed by atoms with Crippen molar-refractivity contribution in [3.05, 3.63) is 89.1 Å². The first-order valence-corrected chi connectivity index (χ1v) is 18.1. The molecule has 3 aromatic carbocycles. The van der Waals surface area contributed by atoms with E-state index in [-0.39, 0.29) is 81.7 Å². The number of carbonyl (C=O) groups excluding carboxylic acids is 6. The van der Waals surface area contributed by atoms with Crippen LogP contribution in [0.3, 0.4) is 0 Å². The zero-order valence-corrected chi connectivity index (χ0v) is 30.9. The van der Waals surface area contributed by atoms with E-state index in [0.717, 1.165) is 22.4 Å². The fourth-order valence-corrected chi connectivity index (χ4v) is 6.76. The summed E-state index contributed by atoms with van der Waals surface area (Å²) in [6.07, 6.45) is -2.63. The summed E-state index contributed by atoms with van der Waals surface area (Å²) < 4.78 is 59.3. The monoisotopic (exact) mass is 803 g/mol. The Bertz CT molecular complexity index is 2440. The number of benzene rings is 3. The number of imide groups is 2. The molecule has 19 heteroatoms. The summed E-state index contributed by atoms with van der Waals surface area (Å²) in [7, 11) is 1.74. The van der Waals surface area contributed by atoms with Crippen molar-refractivity contribution in [3.63, 3.8) is 0 Å². The van der Waals surface area contributed by atoms with Crippen LogP contribution in [0.25, 0.3) is 27.6 Å². The van der Waals surface area contributed by atoms with Crippen LogP contribution in [0.2, 0.25) is 0 Å². The molecule has 302 valence electrons. The second-order valence-corrected chi connectivity index (χ2v) is 13.4. The Morgan fingerprint density at radius 1 is 0.862 bits per heavy atom. The summed E-state index contributed by atoms with van der Waals surface area (Å²) in [4.78, 5) is 75.6. The number of rotatable bonds is 15. The zero-order chi connectivity index (χ0) is 41.1. The van der Waals surface area contributed by atoms with Crippen LogP contribution in [0.15, 0.2) is 66.9 Å². The quantitative estimate of drug-likeness (QED) is 0.105. The van der Waals surface area contributed by atoms with Gasteiger partial charge in [-0.05, 0) is 67.1 Å². The van der Waals surface area contributed by atoms with Gasteiger partial charge in [0.05, 0.1) is 48.6 Å². The van der Waals surface area contributed by atoms with Gasteiger partial charge in [-0.3, -0.25) is 48.2 Å². The third-order valence-corrected chi connectivity index (χ3v) is 9.52. The molecule has 1 atom stereocenters. The average molecular weight is 804 g/mol. The van der Waals surface area contributed by atoms with Crippen molar-refractivity contribution < 1.29 is 56.1 Å². The van der Waals surface area contributed by atoms with E-state index in [9.17, 15) is 41.9 Å². The van der Waals surface area contributed by atoms with E-state index >= 15 is 0 Å². The van der Waals surface area contributed by atoms with Crippen LogP contribution in [-0.4, -0.2) is 107 Å². The van der Waals surface area contributed by atoms with Crippen LogP contribution in [0.5, 0.6) is 5.75 Å². The van der Waals surface area contributed by atoms with Crippen molar-refractivity contribution in [2.75, 3.05) is 46.1 Å². The van der Waals surface area contributed by atoms with Gasteiger partial charge in [0, 0.05) is 54.8 Å². The molecule has 0 radical (unpaired) electrons. The number of hydrogen-bond donors (Lipinski definition) is 3. The topological polar surface area (TPSA) is 192 Å². The number of fused-ring (bicyclic) bond motifs is 4. The molecule has 4 heterocycles. The van der Waals surface area contributed by atoms with Crippen LogP contribution >= 0.6 is 0 Å². The molecule has 58 heavy (non-hydrogen) atoms. The lowest BCUT2D eigenvalue weighted by Crippen LogP contribution is -2.54. The van der Waals surface area contributed by atoms with E-state index in [1.54, 1.807) is 40.7 Å². The van der Waals surface area contributed by atoms with Crippen molar-refractivity contribution in [2.24, 2.45) is 7.05 Å². The second-order valence-electron chi connectivity index (χ2n) is 13.4. The molecule has 6 amide bonds. The van der Waals surface area contributed by atoms with E-state index < -0.39 is 47.3 Å². The number of nitrogens with zero attached hydrogens (tertiary/aromatic N) is 4. The molecule has 0 spiro atoms. The minimum Gasteiger partial charge on any atom is -0.484 e. The fraction of sp³-hybridized carbons (Fsp3) is 0.308. The normalized spacial score (nSPS) is 15.6. The molecule has 3 N–H and O–H groups in total. The lowest BCUT2D eigenvalue weighted by molar-refractivity contribution is -0.138. The number of alkyl halides is 3. The fourth-order valence-electron chi connectivity index (χ4n) is 6.76. The Morgan fingerprint density at radius 3 is 2.28 bits per heavy atom. The first-order valence-electron chi connectivity index (χ1n) is 18.1. The zero-order valence-electron chi connectivity index (χ0n) is 30.9. The molecule has 16 nitrogen and oxygen atoms in total. The first-order chi connectivity index (χ1) is 27.8. The standard InChI is InChI=1S/C39H36F3N7O9/c1-47-20-29-27-18-22(2-9-30(27)48(34(29)46-47)24-5-3-23(4-6-24)39(40,41)42)35(52)44-13-15-57-17-16-56-14-12-43-33(51)21-58-25-7-8-26-28(19-25)38(55)49(37(26)54)31-10-11-32(50)45-36(31)53/h2-9,18-20,31H,10-17,21H2,1H3,(H,43,51)(H,44,52)(H,45,50,53). The van der Waals surface area contributed by atoms with Gasteiger partial charge in [-0.15, -0.1) is 0 Å². The number of carbonyl (C=O) groups is 6. The lowest BCUT2D eigenvalue weighted by Gasteiger charge is -2.27. The summed E-state index contributed by atoms with van der Waals surface area (Å²) in [6, 6.07) is 13.0. The number of nitrogens with one attached hydrogen (secondary N) is 3. The number of aryl methyl sites for hydroxylation is 1. The number of halogens is 3. The molecule has 2 aliphatic rings. The number of piperidine rings is 1. The number of hydrogen-bond acceptors (Lipinski definition) is 10. The summed E-state index contributed by atoms with van der Waals surface area (Å²) in [6.45, 7) is 0.879. The molecule has 1 saturated heterocycles. The van der Waals surface area contributed by atoms with Gasteiger partial charge in [0.25, 0.3) is 23.6 Å². The number of aromatic nitrogens is 3. The molecule has 2 aliphatic heterocycles. The Balaban J connectivity index is 0.792. The van der Waals surface area contributed by atoms with Crippen molar-refractivity contribution in [1.82, 2.24) is 35.2 Å². The molecule has 7 rings (SSSR count). The van der Waals surface area contributed by atoms with Gasteiger partial charge in [0.1, 0.15) is 11.8 Å². The van der Waals surface area contributed by atoms with E-state index in [4.69, 9.17) is 14.2 Å². The third-order valence-electron chi connectivity index (χ3n) is 9.52. The average Bonchev–Trinajstić information content (AvgIpc) is 3.80. The van der Waals surface area contributed by atoms with Crippen molar-refractivity contribution >= 4 is 57.4 Å². The maximum absolute atomic E-state index is 13.2. The van der Waals surface area contributed by atoms with Gasteiger partial charge < -0.3 is 24.8 Å². The van der Waals surface area contributed by atoms with Crippen molar-refractivity contribution in [2.45, 2.75) is 25.1 Å². The van der Waals surface area contributed by atoms with Gasteiger partial charge in [0.2, 0.25) is 11.8 Å². The smallest absolute Gasteiger partial charge is 0.416 e. The van der Waals surface area contributed by atoms with E-state index in [1.807, 2.05) is 0 Å². The highest BCUT2D eigenvalue weighted by molar-refractivity contribution is 6.23. The summed E-state index contributed by atoms with van der Waals surface area (Å²) in [5.41, 5.74) is 1.47. The molecule has 0 aliphatic carbocycles. The second kappa shape index (κ2) is 16.5. The molecular formula is C39H36F3N7O9. The summed E-state index contributed by atoms with van der Waals surface area (Å²) in [5, 5.41) is 13.5. The molecule has 0 bridgehead atoms. The third kappa shape index (κ3) is 8.25. The summed E-state index contributed by atoms with van der Waals surface area (Å²) >= 11 is 0. The number of amides is 6. The maximum atomic E-state index is 13.2. The molecule has 1 fully saturated rings. The van der Waals surface area contributed by atoms with E-state index in [0.29, 0.717) is 27.8 Å². The predicted octanol–water partition coefficient (Wildman–Crippen LogP) is 2.90. The molecule has 1 unspecified atom stereocenters. The Labute approximate surface area is 327 Å². The van der Waals surface area contributed by atoms with Gasteiger partial charge in [0.15, 0.2) is 12.3 Å². The van der Waals surface area contributed by atoms with Crippen LogP contribution < -0.4 is 20.7 Å². The van der Waals surface area contributed by atoms with Crippen molar-refractivity contribution in [3.8, 4) is 11.4 Å². The largest absolute Gasteiger partial charge is 0.484 e. The van der Waals surface area contributed by atoms with E-state index in [1.165, 1.54) is 30.3 Å². The predicted molar refractivity (Wildman–Crippen MR) is 198 cm³/mol. The van der Waals surface area contributed by atoms with Crippen molar-refractivity contribution in [1.29, 1.82) is 0 Å². The number of ether oxygens (including phenoxy) is 3. The van der Waals surface area contributed by atoms with Gasteiger partial charge in [-0.25, -0.2) is 0 Å². The van der Waals surface area contributed by atoms with Crippen LogP contribution in [0.1, 0.15) is 49.5 Å². The Hall–Kier alpha value is -6.60. The highest BCUT2D eigenvalue weighted by atomic mass is 19.4. The highest BCUT2D eigenvalue weighted by Gasteiger charge is 2.44. The maximum Gasteiger partial charge on any atom is 0.416 e.